The highest BCUT2D eigenvalue weighted by Crippen LogP contribution is 2.49. The normalized spacial score (nSPS) is 14.1. The summed E-state index contributed by atoms with van der Waals surface area (Å²) in [4.78, 5) is 2.57. The molecule has 0 aromatic heterocycles. The number of rotatable bonds is 10. The van der Waals surface area contributed by atoms with Gasteiger partial charge in [-0.15, -0.1) is 0 Å². The number of alkyl halides is 1. The third-order valence-electron chi connectivity index (χ3n) is 5.20. The molecule has 0 saturated heterocycles. The van der Waals surface area contributed by atoms with Crippen LogP contribution in [0.15, 0.2) is 54.6 Å². The van der Waals surface area contributed by atoms with Crippen LogP contribution in [0.25, 0.3) is 0 Å². The SMILES string of the molecule is CC#N.CCCN(CCCc1ccc(C2(F)CC2)cc1)CCc1ccccc1. The summed E-state index contributed by atoms with van der Waals surface area (Å²) >= 11 is 0. The van der Waals surface area contributed by atoms with E-state index in [0.717, 1.165) is 44.5 Å². The Labute approximate surface area is 170 Å². The fourth-order valence-electron chi connectivity index (χ4n) is 3.46. The minimum Gasteiger partial charge on any atom is -0.303 e. The van der Waals surface area contributed by atoms with Crippen LogP contribution in [-0.4, -0.2) is 24.5 Å². The van der Waals surface area contributed by atoms with Crippen molar-refractivity contribution >= 4 is 0 Å². The molecule has 28 heavy (non-hydrogen) atoms. The first-order valence-corrected chi connectivity index (χ1v) is 10.5. The highest BCUT2D eigenvalue weighted by Gasteiger charge is 2.44. The monoisotopic (exact) mass is 380 g/mol. The Hall–Kier alpha value is -2.18. The van der Waals surface area contributed by atoms with Crippen molar-refractivity contribution in [1.29, 1.82) is 5.26 Å². The largest absolute Gasteiger partial charge is 0.303 e. The first-order valence-electron chi connectivity index (χ1n) is 10.5. The minimum atomic E-state index is -1.01. The molecule has 0 spiro atoms. The number of hydrogen-bond acceptors (Lipinski definition) is 2. The zero-order valence-electron chi connectivity index (χ0n) is 17.3. The molecule has 3 heteroatoms. The highest BCUT2D eigenvalue weighted by atomic mass is 19.1. The lowest BCUT2D eigenvalue weighted by Gasteiger charge is -2.21. The van der Waals surface area contributed by atoms with E-state index in [0.29, 0.717) is 12.8 Å². The van der Waals surface area contributed by atoms with Crippen LogP contribution in [0, 0.1) is 11.3 Å². The van der Waals surface area contributed by atoms with Gasteiger partial charge in [-0.05, 0) is 68.3 Å². The lowest BCUT2D eigenvalue weighted by molar-refractivity contribution is 0.274. The van der Waals surface area contributed by atoms with Gasteiger partial charge in [0.15, 0.2) is 0 Å². The van der Waals surface area contributed by atoms with Crippen LogP contribution < -0.4 is 0 Å². The first kappa shape index (κ1) is 22.1. The molecule has 0 N–H and O–H groups in total. The van der Waals surface area contributed by atoms with Gasteiger partial charge in [0.25, 0.3) is 0 Å². The standard InChI is InChI=1S/C23H30FN.C2H3N/c1-2-17-25(19-14-20-7-4-3-5-8-20)18-6-9-21-10-12-22(13-11-21)23(24)15-16-23;1-2-3/h3-5,7-8,10-13H,2,6,9,14-19H2,1H3;1H3. The number of halogens is 1. The molecule has 1 aliphatic carbocycles. The van der Waals surface area contributed by atoms with Crippen molar-refractivity contribution < 1.29 is 4.39 Å². The van der Waals surface area contributed by atoms with Crippen LogP contribution in [0.2, 0.25) is 0 Å². The van der Waals surface area contributed by atoms with Gasteiger partial charge in [-0.1, -0.05) is 61.5 Å². The quantitative estimate of drug-likeness (QED) is 0.501. The molecule has 2 nitrogen and oxygen atoms in total. The summed E-state index contributed by atoms with van der Waals surface area (Å²) in [6.07, 6.45) is 5.94. The third-order valence-corrected chi connectivity index (χ3v) is 5.20. The van der Waals surface area contributed by atoms with E-state index in [2.05, 4.69) is 54.3 Å². The molecule has 2 aromatic rings. The Morgan fingerprint density at radius 1 is 0.929 bits per heavy atom. The second kappa shape index (κ2) is 11.6. The topological polar surface area (TPSA) is 27.0 Å². The maximum absolute atomic E-state index is 14.0. The van der Waals surface area contributed by atoms with Crippen molar-refractivity contribution in [3.8, 4) is 6.07 Å². The lowest BCUT2D eigenvalue weighted by atomic mass is 10.0. The number of benzene rings is 2. The number of nitriles is 1. The van der Waals surface area contributed by atoms with E-state index in [9.17, 15) is 4.39 Å². The maximum Gasteiger partial charge on any atom is 0.136 e. The van der Waals surface area contributed by atoms with E-state index in [1.807, 2.05) is 12.1 Å². The Kier molecular flexibility index (Phi) is 9.17. The van der Waals surface area contributed by atoms with Crippen molar-refractivity contribution in [2.24, 2.45) is 0 Å². The summed E-state index contributed by atoms with van der Waals surface area (Å²) in [5, 5.41) is 7.32. The molecule has 1 fully saturated rings. The fraction of sp³-hybridized carbons (Fsp3) is 0.480. The maximum atomic E-state index is 14.0. The van der Waals surface area contributed by atoms with Crippen LogP contribution in [0.5, 0.6) is 0 Å². The number of nitrogens with zero attached hydrogens (tertiary/aromatic N) is 2. The molecular weight excluding hydrogens is 347 g/mol. The minimum absolute atomic E-state index is 0.694. The summed E-state index contributed by atoms with van der Waals surface area (Å²) in [5.74, 6) is 0. The molecule has 0 radical (unpaired) electrons. The molecule has 0 amide bonds. The van der Waals surface area contributed by atoms with Gasteiger partial charge in [0.1, 0.15) is 5.67 Å². The zero-order chi connectivity index (χ0) is 20.2. The number of hydrogen-bond donors (Lipinski definition) is 0. The Balaban J connectivity index is 0.000000878. The second-order valence-electron chi connectivity index (χ2n) is 7.57. The van der Waals surface area contributed by atoms with E-state index < -0.39 is 5.67 Å². The molecule has 2 aromatic carbocycles. The zero-order valence-corrected chi connectivity index (χ0v) is 17.3. The summed E-state index contributed by atoms with van der Waals surface area (Å²) < 4.78 is 14.0. The van der Waals surface area contributed by atoms with Crippen molar-refractivity contribution in [3.63, 3.8) is 0 Å². The molecule has 0 bridgehead atoms. The van der Waals surface area contributed by atoms with Gasteiger partial charge in [0.05, 0.1) is 6.07 Å². The van der Waals surface area contributed by atoms with E-state index in [4.69, 9.17) is 5.26 Å². The first-order chi connectivity index (χ1) is 13.6. The average Bonchev–Trinajstić information content (AvgIpc) is 3.47. The van der Waals surface area contributed by atoms with Gasteiger partial charge >= 0.3 is 0 Å². The molecule has 0 atom stereocenters. The van der Waals surface area contributed by atoms with Crippen LogP contribution in [0.3, 0.4) is 0 Å². The molecule has 150 valence electrons. The van der Waals surface area contributed by atoms with Crippen molar-refractivity contribution in [1.82, 2.24) is 4.90 Å². The van der Waals surface area contributed by atoms with Crippen LogP contribution in [0.1, 0.15) is 56.2 Å². The Morgan fingerprint density at radius 3 is 2.11 bits per heavy atom. The average molecular weight is 381 g/mol. The van der Waals surface area contributed by atoms with Crippen LogP contribution in [-0.2, 0) is 18.5 Å². The third kappa shape index (κ3) is 7.44. The molecule has 1 aliphatic rings. The summed E-state index contributed by atoms with van der Waals surface area (Å²) in [6, 6.07) is 20.7. The van der Waals surface area contributed by atoms with Gasteiger partial charge < -0.3 is 4.90 Å². The van der Waals surface area contributed by atoms with E-state index in [1.54, 1.807) is 6.07 Å². The molecule has 3 rings (SSSR count). The Morgan fingerprint density at radius 2 is 1.54 bits per heavy atom. The van der Waals surface area contributed by atoms with Gasteiger partial charge in [0.2, 0.25) is 0 Å². The van der Waals surface area contributed by atoms with Crippen LogP contribution >= 0.6 is 0 Å². The van der Waals surface area contributed by atoms with Gasteiger partial charge in [-0.2, -0.15) is 5.26 Å². The number of aryl methyl sites for hydroxylation is 1. The molecule has 0 heterocycles. The van der Waals surface area contributed by atoms with Gasteiger partial charge in [-0.3, -0.25) is 0 Å². The van der Waals surface area contributed by atoms with Crippen molar-refractivity contribution in [2.45, 2.75) is 58.0 Å². The lowest BCUT2D eigenvalue weighted by Crippen LogP contribution is -2.28. The van der Waals surface area contributed by atoms with E-state index >= 15 is 0 Å². The van der Waals surface area contributed by atoms with Gasteiger partial charge in [0, 0.05) is 13.5 Å². The molecular formula is C25H33FN2. The van der Waals surface area contributed by atoms with Crippen LogP contribution in [0.4, 0.5) is 4.39 Å². The van der Waals surface area contributed by atoms with Crippen molar-refractivity contribution in [3.05, 3.63) is 71.3 Å². The molecule has 1 saturated carbocycles. The molecule has 0 unspecified atom stereocenters. The van der Waals surface area contributed by atoms with Crippen molar-refractivity contribution in [2.75, 3.05) is 19.6 Å². The van der Waals surface area contributed by atoms with E-state index in [-0.39, 0.29) is 0 Å². The van der Waals surface area contributed by atoms with Gasteiger partial charge in [-0.25, -0.2) is 4.39 Å². The summed E-state index contributed by atoms with van der Waals surface area (Å²) in [7, 11) is 0. The fourth-order valence-corrected chi connectivity index (χ4v) is 3.46. The summed E-state index contributed by atoms with van der Waals surface area (Å²) in [5.41, 5.74) is 2.60. The second-order valence-corrected chi connectivity index (χ2v) is 7.57. The highest BCUT2D eigenvalue weighted by molar-refractivity contribution is 5.30. The predicted octanol–water partition coefficient (Wildman–Crippen LogP) is 6.06. The predicted molar refractivity (Wildman–Crippen MR) is 115 cm³/mol. The Bertz CT molecular complexity index is 714. The van der Waals surface area contributed by atoms with E-state index in [1.165, 1.54) is 24.5 Å². The summed E-state index contributed by atoms with van der Waals surface area (Å²) in [6.45, 7) is 7.10. The molecule has 0 aliphatic heterocycles. The smallest absolute Gasteiger partial charge is 0.136 e.